The van der Waals surface area contributed by atoms with Crippen LogP contribution in [0.2, 0.25) is 0 Å². The van der Waals surface area contributed by atoms with E-state index in [-0.39, 0.29) is 0 Å². The second-order valence-corrected chi connectivity index (χ2v) is 4.91. The fourth-order valence-corrected chi connectivity index (χ4v) is 2.62. The van der Waals surface area contributed by atoms with Crippen molar-refractivity contribution in [2.24, 2.45) is 0 Å². The van der Waals surface area contributed by atoms with Gasteiger partial charge in [-0.05, 0) is 30.5 Å². The summed E-state index contributed by atoms with van der Waals surface area (Å²) in [5.74, 6) is 1.92. The van der Waals surface area contributed by atoms with E-state index in [1.165, 1.54) is 21.9 Å². The second kappa shape index (κ2) is 4.94. The molecule has 0 aromatic heterocycles. The van der Waals surface area contributed by atoms with Crippen molar-refractivity contribution < 1.29 is 0 Å². The van der Waals surface area contributed by atoms with Gasteiger partial charge in [-0.15, -0.1) is 23.4 Å². The van der Waals surface area contributed by atoms with E-state index in [9.17, 15) is 0 Å². The number of benzene rings is 1. The Balaban J connectivity index is 2.12. The van der Waals surface area contributed by atoms with E-state index in [1.807, 2.05) is 11.8 Å². The van der Waals surface area contributed by atoms with Crippen molar-refractivity contribution >= 4 is 29.1 Å². The molecule has 0 aliphatic carbocycles. The van der Waals surface area contributed by atoms with Gasteiger partial charge in [-0.1, -0.05) is 6.07 Å². The molecule has 76 valence electrons. The van der Waals surface area contributed by atoms with Crippen molar-refractivity contribution in [3.05, 3.63) is 23.8 Å². The molecule has 1 aromatic rings. The van der Waals surface area contributed by atoms with Gasteiger partial charge < -0.3 is 5.32 Å². The van der Waals surface area contributed by atoms with Gasteiger partial charge in [-0.2, -0.15) is 0 Å². The standard InChI is InChI=1S/C11H14ClNS/c12-5-1-2-9-3-4-11-10(8-9)13-6-7-14-11/h3-4,8,13H,1-2,5-7H2. The molecule has 1 N–H and O–H groups in total. The van der Waals surface area contributed by atoms with Crippen molar-refractivity contribution in [3.8, 4) is 0 Å². The average molecular weight is 228 g/mol. The van der Waals surface area contributed by atoms with Crippen LogP contribution in [-0.4, -0.2) is 18.2 Å². The Bertz CT molecular complexity index is 314. The van der Waals surface area contributed by atoms with Gasteiger partial charge in [0.05, 0.1) is 0 Å². The van der Waals surface area contributed by atoms with Crippen LogP contribution in [-0.2, 0) is 6.42 Å². The van der Waals surface area contributed by atoms with Gasteiger partial charge in [0.1, 0.15) is 0 Å². The highest BCUT2D eigenvalue weighted by atomic mass is 35.5. The molecule has 3 heteroatoms. The van der Waals surface area contributed by atoms with Crippen LogP contribution < -0.4 is 5.32 Å². The molecule has 1 aliphatic heterocycles. The van der Waals surface area contributed by atoms with Gasteiger partial charge in [0, 0.05) is 28.8 Å². The number of halogens is 1. The third kappa shape index (κ3) is 2.37. The Morgan fingerprint density at radius 2 is 2.36 bits per heavy atom. The fraction of sp³-hybridized carbons (Fsp3) is 0.455. The van der Waals surface area contributed by atoms with Gasteiger partial charge in [-0.3, -0.25) is 0 Å². The summed E-state index contributed by atoms with van der Waals surface area (Å²) in [5.41, 5.74) is 2.69. The molecule has 1 heterocycles. The van der Waals surface area contributed by atoms with Crippen molar-refractivity contribution in [2.75, 3.05) is 23.5 Å². The van der Waals surface area contributed by atoms with Crippen molar-refractivity contribution in [1.82, 2.24) is 0 Å². The SMILES string of the molecule is ClCCCc1ccc2c(c1)NCCS2. The number of anilines is 1. The minimum Gasteiger partial charge on any atom is -0.383 e. The maximum absolute atomic E-state index is 5.68. The van der Waals surface area contributed by atoms with Gasteiger partial charge in [0.25, 0.3) is 0 Å². The third-order valence-electron chi connectivity index (χ3n) is 2.32. The molecule has 14 heavy (non-hydrogen) atoms. The van der Waals surface area contributed by atoms with Crippen molar-refractivity contribution in [3.63, 3.8) is 0 Å². The predicted molar refractivity (Wildman–Crippen MR) is 64.7 cm³/mol. The summed E-state index contributed by atoms with van der Waals surface area (Å²) in [5, 5.41) is 3.43. The van der Waals surface area contributed by atoms with Crippen molar-refractivity contribution in [2.45, 2.75) is 17.7 Å². The number of alkyl halides is 1. The normalized spacial score (nSPS) is 14.6. The molecule has 0 unspecified atom stereocenters. The number of fused-ring (bicyclic) bond motifs is 1. The Morgan fingerprint density at radius 1 is 1.43 bits per heavy atom. The molecule has 1 aromatic carbocycles. The smallest absolute Gasteiger partial charge is 0.0481 e. The maximum Gasteiger partial charge on any atom is 0.0481 e. The quantitative estimate of drug-likeness (QED) is 0.795. The zero-order chi connectivity index (χ0) is 9.80. The second-order valence-electron chi connectivity index (χ2n) is 3.40. The molecule has 2 rings (SSSR count). The van der Waals surface area contributed by atoms with Crippen LogP contribution in [0.1, 0.15) is 12.0 Å². The number of hydrogen-bond donors (Lipinski definition) is 1. The molecule has 0 spiro atoms. The van der Waals surface area contributed by atoms with Crippen LogP contribution in [0.15, 0.2) is 23.1 Å². The zero-order valence-electron chi connectivity index (χ0n) is 8.05. The van der Waals surface area contributed by atoms with E-state index in [2.05, 4.69) is 23.5 Å². The molecule has 0 radical (unpaired) electrons. The molecular weight excluding hydrogens is 214 g/mol. The summed E-state index contributed by atoms with van der Waals surface area (Å²) in [7, 11) is 0. The molecule has 1 nitrogen and oxygen atoms in total. The summed E-state index contributed by atoms with van der Waals surface area (Å²) in [6, 6.07) is 6.69. The molecule has 0 bridgehead atoms. The van der Waals surface area contributed by atoms with E-state index < -0.39 is 0 Å². The van der Waals surface area contributed by atoms with Gasteiger partial charge in [0.2, 0.25) is 0 Å². The van der Waals surface area contributed by atoms with Crippen LogP contribution in [0.4, 0.5) is 5.69 Å². The monoisotopic (exact) mass is 227 g/mol. The average Bonchev–Trinajstić information content (AvgIpc) is 2.26. The highest BCUT2D eigenvalue weighted by molar-refractivity contribution is 7.99. The first-order valence-corrected chi connectivity index (χ1v) is 6.48. The first-order valence-electron chi connectivity index (χ1n) is 4.96. The van der Waals surface area contributed by atoms with Crippen LogP contribution in [0, 0.1) is 0 Å². The predicted octanol–water partition coefficient (Wildman–Crippen LogP) is 3.38. The Labute approximate surface area is 94.2 Å². The minimum absolute atomic E-state index is 0.749. The summed E-state index contributed by atoms with van der Waals surface area (Å²) in [6.45, 7) is 1.08. The molecule has 0 amide bonds. The number of hydrogen-bond acceptors (Lipinski definition) is 2. The fourth-order valence-electron chi connectivity index (χ4n) is 1.61. The van der Waals surface area contributed by atoms with Gasteiger partial charge in [-0.25, -0.2) is 0 Å². The molecular formula is C11H14ClNS. The van der Waals surface area contributed by atoms with Gasteiger partial charge in [0.15, 0.2) is 0 Å². The number of aryl methyl sites for hydroxylation is 1. The summed E-state index contributed by atoms with van der Waals surface area (Å²) >= 11 is 7.61. The lowest BCUT2D eigenvalue weighted by Crippen LogP contribution is -2.10. The van der Waals surface area contributed by atoms with Gasteiger partial charge >= 0.3 is 0 Å². The summed E-state index contributed by atoms with van der Waals surface area (Å²) < 4.78 is 0. The highest BCUT2D eigenvalue weighted by Gasteiger charge is 2.08. The number of thioether (sulfide) groups is 1. The molecule has 0 fully saturated rings. The van der Waals surface area contributed by atoms with Crippen LogP contribution >= 0.6 is 23.4 Å². The van der Waals surface area contributed by atoms with E-state index in [1.54, 1.807) is 0 Å². The highest BCUT2D eigenvalue weighted by Crippen LogP contribution is 2.31. The minimum atomic E-state index is 0.749. The van der Waals surface area contributed by atoms with Crippen LogP contribution in [0.25, 0.3) is 0 Å². The lowest BCUT2D eigenvalue weighted by atomic mass is 10.1. The van der Waals surface area contributed by atoms with E-state index in [4.69, 9.17) is 11.6 Å². The number of nitrogens with one attached hydrogen (secondary N) is 1. The van der Waals surface area contributed by atoms with Crippen LogP contribution in [0.3, 0.4) is 0 Å². The number of rotatable bonds is 3. The zero-order valence-corrected chi connectivity index (χ0v) is 9.63. The molecule has 0 atom stereocenters. The summed E-state index contributed by atoms with van der Waals surface area (Å²) in [4.78, 5) is 1.38. The Hall–Kier alpha value is -0.340. The van der Waals surface area contributed by atoms with E-state index in [0.29, 0.717) is 0 Å². The Morgan fingerprint density at radius 3 is 3.21 bits per heavy atom. The van der Waals surface area contributed by atoms with Crippen molar-refractivity contribution in [1.29, 1.82) is 0 Å². The molecule has 0 saturated carbocycles. The van der Waals surface area contributed by atoms with Crippen LogP contribution in [0.5, 0.6) is 0 Å². The third-order valence-corrected chi connectivity index (χ3v) is 3.66. The lowest BCUT2D eigenvalue weighted by molar-refractivity contribution is 0.926. The Kier molecular flexibility index (Phi) is 3.60. The lowest BCUT2D eigenvalue weighted by Gasteiger charge is -2.18. The van der Waals surface area contributed by atoms with E-state index >= 15 is 0 Å². The molecule has 1 aliphatic rings. The first-order chi connectivity index (χ1) is 6.90. The first kappa shape index (κ1) is 10.2. The molecule has 0 saturated heterocycles. The largest absolute Gasteiger partial charge is 0.383 e. The topological polar surface area (TPSA) is 12.0 Å². The summed E-state index contributed by atoms with van der Waals surface area (Å²) in [6.07, 6.45) is 2.15. The van der Waals surface area contributed by atoms with E-state index in [0.717, 1.165) is 25.3 Å². The maximum atomic E-state index is 5.68.